The van der Waals surface area contributed by atoms with E-state index < -0.39 is 0 Å². The molecule has 0 aliphatic heterocycles. The van der Waals surface area contributed by atoms with Crippen molar-refractivity contribution >= 4 is 10.8 Å². The van der Waals surface area contributed by atoms with E-state index in [9.17, 15) is 0 Å². The van der Waals surface area contributed by atoms with Gasteiger partial charge in [0.25, 0.3) is 0 Å². The molecule has 5 heteroatoms. The Hall–Kier alpha value is -2.66. The number of fused-ring (bicyclic) bond motifs is 1. The summed E-state index contributed by atoms with van der Waals surface area (Å²) in [4.78, 5) is 8.50. The molecule has 2 heterocycles. The van der Waals surface area contributed by atoms with Gasteiger partial charge in [-0.25, -0.2) is 4.98 Å². The first-order valence-corrected chi connectivity index (χ1v) is 8.43. The second kappa shape index (κ2) is 7.94. The van der Waals surface area contributed by atoms with Crippen molar-refractivity contribution in [3.63, 3.8) is 0 Å². The van der Waals surface area contributed by atoms with Gasteiger partial charge < -0.3 is 15.2 Å². The molecule has 0 spiro atoms. The first-order chi connectivity index (χ1) is 12.1. The van der Waals surface area contributed by atoms with E-state index in [0.29, 0.717) is 25.0 Å². The molecule has 0 aliphatic carbocycles. The van der Waals surface area contributed by atoms with Crippen LogP contribution < -0.4 is 15.2 Å². The predicted octanol–water partition coefficient (Wildman–Crippen LogP) is 3.54. The summed E-state index contributed by atoms with van der Waals surface area (Å²) in [5.41, 5.74) is 7.25. The van der Waals surface area contributed by atoms with Crippen molar-refractivity contribution in [3.05, 3.63) is 60.6 Å². The Labute approximate surface area is 147 Å². The van der Waals surface area contributed by atoms with Crippen molar-refractivity contribution in [2.24, 2.45) is 5.73 Å². The van der Waals surface area contributed by atoms with Gasteiger partial charge in [-0.05, 0) is 35.1 Å². The third-order valence-electron chi connectivity index (χ3n) is 3.94. The zero-order valence-corrected chi connectivity index (χ0v) is 14.6. The fraction of sp³-hybridized carbons (Fsp3) is 0.300. The van der Waals surface area contributed by atoms with E-state index in [-0.39, 0.29) is 6.04 Å². The average molecular weight is 337 g/mol. The molecule has 2 aromatic heterocycles. The highest BCUT2D eigenvalue weighted by atomic mass is 16.5. The largest absolute Gasteiger partial charge is 0.490 e. The first-order valence-electron chi connectivity index (χ1n) is 8.43. The standard InChI is InChI=1S/C20H23N3O2/c1-14(2)16-9-18(11-22-10-16)24-12-17(21)13-25-20-19-6-4-3-5-15(19)7-8-23-20/h3-11,14,17H,12-13,21H2,1-2H3/t17-/m1/s1. The minimum absolute atomic E-state index is 0.261. The Morgan fingerprint density at radius 1 is 1.04 bits per heavy atom. The smallest absolute Gasteiger partial charge is 0.221 e. The van der Waals surface area contributed by atoms with Crippen LogP contribution in [0.4, 0.5) is 0 Å². The number of nitrogens with two attached hydrogens (primary N) is 1. The maximum atomic E-state index is 6.11. The summed E-state index contributed by atoms with van der Waals surface area (Å²) in [6.45, 7) is 4.93. The Bertz CT molecular complexity index is 831. The summed E-state index contributed by atoms with van der Waals surface area (Å²) in [7, 11) is 0. The number of pyridine rings is 2. The molecule has 0 amide bonds. The average Bonchev–Trinajstić information content (AvgIpc) is 2.65. The van der Waals surface area contributed by atoms with Crippen LogP contribution >= 0.6 is 0 Å². The van der Waals surface area contributed by atoms with Gasteiger partial charge in [0, 0.05) is 17.8 Å². The molecular formula is C20H23N3O2. The lowest BCUT2D eigenvalue weighted by atomic mass is 10.1. The number of ether oxygens (including phenoxy) is 2. The minimum atomic E-state index is -0.261. The van der Waals surface area contributed by atoms with Crippen molar-refractivity contribution in [3.8, 4) is 11.6 Å². The van der Waals surface area contributed by atoms with E-state index in [1.807, 2.05) is 42.6 Å². The molecule has 1 aromatic carbocycles. The van der Waals surface area contributed by atoms with E-state index in [1.165, 1.54) is 0 Å². The summed E-state index contributed by atoms with van der Waals surface area (Å²) in [6, 6.07) is 11.7. The molecule has 5 nitrogen and oxygen atoms in total. The molecule has 0 unspecified atom stereocenters. The van der Waals surface area contributed by atoms with Gasteiger partial charge in [0.15, 0.2) is 0 Å². The molecule has 0 fully saturated rings. The van der Waals surface area contributed by atoms with Crippen molar-refractivity contribution in [2.45, 2.75) is 25.8 Å². The number of benzene rings is 1. The molecule has 130 valence electrons. The van der Waals surface area contributed by atoms with Crippen LogP contribution in [0.2, 0.25) is 0 Å². The van der Waals surface area contributed by atoms with Gasteiger partial charge in [0.1, 0.15) is 19.0 Å². The number of aromatic nitrogens is 2. The second-order valence-corrected chi connectivity index (χ2v) is 6.33. The molecular weight excluding hydrogens is 314 g/mol. The fourth-order valence-corrected chi connectivity index (χ4v) is 2.47. The van der Waals surface area contributed by atoms with Crippen LogP contribution in [0.1, 0.15) is 25.3 Å². The number of hydrogen-bond donors (Lipinski definition) is 1. The molecule has 3 rings (SSSR count). The van der Waals surface area contributed by atoms with Crippen LogP contribution in [-0.2, 0) is 0 Å². The topological polar surface area (TPSA) is 70.3 Å². The van der Waals surface area contributed by atoms with Crippen LogP contribution in [0, 0.1) is 0 Å². The maximum Gasteiger partial charge on any atom is 0.221 e. The Kier molecular flexibility index (Phi) is 5.46. The fourth-order valence-electron chi connectivity index (χ4n) is 2.47. The molecule has 0 bridgehead atoms. The van der Waals surface area contributed by atoms with E-state index in [2.05, 4.69) is 23.8 Å². The number of rotatable bonds is 7. The molecule has 1 atom stereocenters. The summed E-state index contributed by atoms with van der Waals surface area (Å²) in [5.74, 6) is 1.73. The molecule has 2 N–H and O–H groups in total. The highest BCUT2D eigenvalue weighted by molar-refractivity contribution is 5.86. The molecule has 0 saturated heterocycles. The number of nitrogens with zero attached hydrogens (tertiary/aromatic N) is 2. The van der Waals surface area contributed by atoms with Crippen LogP contribution in [0.5, 0.6) is 11.6 Å². The van der Waals surface area contributed by atoms with Gasteiger partial charge in [0.2, 0.25) is 5.88 Å². The van der Waals surface area contributed by atoms with Gasteiger partial charge in [-0.2, -0.15) is 0 Å². The van der Waals surface area contributed by atoms with Crippen LogP contribution in [0.15, 0.2) is 55.0 Å². The Morgan fingerprint density at radius 2 is 1.84 bits per heavy atom. The summed E-state index contributed by atoms with van der Waals surface area (Å²) >= 11 is 0. The normalized spacial score (nSPS) is 12.3. The summed E-state index contributed by atoms with van der Waals surface area (Å²) < 4.78 is 11.5. The Morgan fingerprint density at radius 3 is 2.68 bits per heavy atom. The van der Waals surface area contributed by atoms with Crippen molar-refractivity contribution in [2.75, 3.05) is 13.2 Å². The van der Waals surface area contributed by atoms with Crippen LogP contribution in [0.25, 0.3) is 10.8 Å². The molecule has 0 aliphatic rings. The van der Waals surface area contributed by atoms with Crippen LogP contribution in [0.3, 0.4) is 0 Å². The van der Waals surface area contributed by atoms with Crippen LogP contribution in [-0.4, -0.2) is 29.2 Å². The maximum absolute atomic E-state index is 6.11. The molecule has 0 radical (unpaired) electrons. The van der Waals surface area contributed by atoms with Crippen molar-refractivity contribution in [1.82, 2.24) is 9.97 Å². The van der Waals surface area contributed by atoms with Gasteiger partial charge in [0.05, 0.1) is 12.2 Å². The third-order valence-corrected chi connectivity index (χ3v) is 3.94. The minimum Gasteiger partial charge on any atom is -0.490 e. The molecule has 25 heavy (non-hydrogen) atoms. The van der Waals surface area contributed by atoms with Crippen molar-refractivity contribution < 1.29 is 9.47 Å². The molecule has 0 saturated carbocycles. The monoisotopic (exact) mass is 337 g/mol. The van der Waals surface area contributed by atoms with Gasteiger partial charge in [-0.15, -0.1) is 0 Å². The van der Waals surface area contributed by atoms with Gasteiger partial charge in [-0.1, -0.05) is 32.0 Å². The SMILES string of the molecule is CC(C)c1cncc(OC[C@@H](N)COc2nccc3ccccc23)c1. The number of hydrogen-bond acceptors (Lipinski definition) is 5. The summed E-state index contributed by atoms with van der Waals surface area (Å²) in [5, 5.41) is 2.07. The highest BCUT2D eigenvalue weighted by Crippen LogP contribution is 2.22. The predicted molar refractivity (Wildman–Crippen MR) is 99.0 cm³/mol. The van der Waals surface area contributed by atoms with Crippen molar-refractivity contribution in [1.29, 1.82) is 0 Å². The zero-order chi connectivity index (χ0) is 17.6. The Balaban J connectivity index is 1.56. The second-order valence-electron chi connectivity index (χ2n) is 6.33. The lowest BCUT2D eigenvalue weighted by Gasteiger charge is -2.15. The third kappa shape index (κ3) is 4.45. The lowest BCUT2D eigenvalue weighted by molar-refractivity contribution is 0.217. The summed E-state index contributed by atoms with van der Waals surface area (Å²) in [6.07, 6.45) is 5.29. The zero-order valence-electron chi connectivity index (χ0n) is 14.6. The molecule has 3 aromatic rings. The van der Waals surface area contributed by atoms with E-state index in [4.69, 9.17) is 15.2 Å². The van der Waals surface area contributed by atoms with E-state index in [1.54, 1.807) is 12.4 Å². The first kappa shape index (κ1) is 17.2. The quantitative estimate of drug-likeness (QED) is 0.714. The highest BCUT2D eigenvalue weighted by Gasteiger charge is 2.09. The van der Waals surface area contributed by atoms with E-state index >= 15 is 0 Å². The van der Waals surface area contributed by atoms with E-state index in [0.717, 1.165) is 22.1 Å². The lowest BCUT2D eigenvalue weighted by Crippen LogP contribution is -2.34. The van der Waals surface area contributed by atoms with Gasteiger partial charge in [-0.3, -0.25) is 4.98 Å². The van der Waals surface area contributed by atoms with Gasteiger partial charge >= 0.3 is 0 Å².